The van der Waals surface area contributed by atoms with Gasteiger partial charge in [-0.2, -0.15) is 5.26 Å². The van der Waals surface area contributed by atoms with Crippen molar-refractivity contribution >= 4 is 5.91 Å². The number of hydrogen-bond donors (Lipinski definition) is 0. The molecule has 35 heavy (non-hydrogen) atoms. The number of carbonyl (C=O) groups is 1. The normalized spacial score (nSPS) is 17.2. The first kappa shape index (κ1) is 24.3. The van der Waals surface area contributed by atoms with Crippen LogP contribution in [-0.2, 0) is 16.1 Å². The maximum atomic E-state index is 13.0. The van der Waals surface area contributed by atoms with Crippen molar-refractivity contribution in [3.63, 3.8) is 0 Å². The van der Waals surface area contributed by atoms with Crippen molar-refractivity contribution in [3.8, 4) is 22.9 Å². The van der Waals surface area contributed by atoms with E-state index in [9.17, 15) is 4.79 Å². The lowest BCUT2D eigenvalue weighted by Crippen LogP contribution is -2.39. The van der Waals surface area contributed by atoms with Crippen molar-refractivity contribution in [1.29, 1.82) is 5.26 Å². The first-order chi connectivity index (χ1) is 17.2. The van der Waals surface area contributed by atoms with E-state index in [0.29, 0.717) is 38.3 Å². The van der Waals surface area contributed by atoms with E-state index in [1.807, 2.05) is 89.8 Å². The topological polar surface area (TPSA) is 62.6 Å². The Morgan fingerprint density at radius 1 is 1.00 bits per heavy atom. The van der Waals surface area contributed by atoms with Gasteiger partial charge in [0.1, 0.15) is 12.4 Å². The highest BCUT2D eigenvalue weighted by atomic mass is 16.5. The molecular weight excluding hydrogens is 436 g/mol. The molecule has 5 heteroatoms. The van der Waals surface area contributed by atoms with E-state index in [1.165, 1.54) is 0 Å². The quantitative estimate of drug-likeness (QED) is 0.272. The number of hydrogen-bond acceptors (Lipinski definition) is 4. The summed E-state index contributed by atoms with van der Waals surface area (Å²) in [6.45, 7) is 5.81. The molecule has 0 saturated carbocycles. The zero-order valence-corrected chi connectivity index (χ0v) is 19.8. The first-order valence-electron chi connectivity index (χ1n) is 11.9. The van der Waals surface area contributed by atoms with Gasteiger partial charge in [-0.15, -0.1) is 6.58 Å². The number of allylic oxidation sites excluding steroid dienone is 1. The molecule has 0 radical (unpaired) electrons. The molecule has 5 nitrogen and oxygen atoms in total. The molecular formula is C30H30N2O3. The van der Waals surface area contributed by atoms with Crippen LogP contribution in [0, 0.1) is 17.2 Å². The number of likely N-dealkylation sites (tertiary alicyclic amines) is 1. The van der Waals surface area contributed by atoms with Crippen molar-refractivity contribution in [2.45, 2.75) is 25.5 Å². The number of benzene rings is 3. The van der Waals surface area contributed by atoms with Crippen molar-refractivity contribution in [1.82, 2.24) is 4.90 Å². The molecule has 3 aromatic rings. The zero-order chi connectivity index (χ0) is 24.5. The summed E-state index contributed by atoms with van der Waals surface area (Å²) in [5, 5.41) is 8.97. The molecule has 4 rings (SSSR count). The number of amides is 1. The van der Waals surface area contributed by atoms with Crippen LogP contribution in [0.4, 0.5) is 0 Å². The molecule has 178 valence electrons. The molecule has 0 aliphatic carbocycles. The van der Waals surface area contributed by atoms with Crippen LogP contribution in [0.15, 0.2) is 91.5 Å². The van der Waals surface area contributed by atoms with Gasteiger partial charge < -0.3 is 14.4 Å². The van der Waals surface area contributed by atoms with E-state index in [1.54, 1.807) is 0 Å². The van der Waals surface area contributed by atoms with E-state index in [4.69, 9.17) is 14.7 Å². The van der Waals surface area contributed by atoms with Gasteiger partial charge in [-0.3, -0.25) is 4.79 Å². The Morgan fingerprint density at radius 2 is 1.69 bits per heavy atom. The Morgan fingerprint density at radius 3 is 2.34 bits per heavy atom. The molecule has 1 heterocycles. The molecule has 0 bridgehead atoms. The highest BCUT2D eigenvalue weighted by Gasteiger charge is 2.38. The van der Waals surface area contributed by atoms with E-state index in [0.717, 1.165) is 28.9 Å². The summed E-state index contributed by atoms with van der Waals surface area (Å²) in [4.78, 5) is 14.9. The molecule has 1 aliphatic rings. The summed E-state index contributed by atoms with van der Waals surface area (Å²) >= 11 is 0. The number of nitriles is 1. The highest BCUT2D eigenvalue weighted by molar-refractivity contribution is 5.81. The molecule has 1 amide bonds. The second-order valence-corrected chi connectivity index (χ2v) is 8.71. The summed E-state index contributed by atoms with van der Waals surface area (Å²) in [6.07, 6.45) is 3.25. The van der Waals surface area contributed by atoms with Gasteiger partial charge in [-0.05, 0) is 53.8 Å². The zero-order valence-electron chi connectivity index (χ0n) is 19.8. The minimum atomic E-state index is -0.0472. The summed E-state index contributed by atoms with van der Waals surface area (Å²) in [7, 11) is 0. The lowest BCUT2D eigenvalue weighted by atomic mass is 10.0. The van der Waals surface area contributed by atoms with Gasteiger partial charge >= 0.3 is 0 Å². The van der Waals surface area contributed by atoms with E-state index >= 15 is 0 Å². The Balaban J connectivity index is 1.33. The minimum Gasteiger partial charge on any atom is -0.491 e. The molecule has 0 spiro atoms. The standard InChI is InChI=1S/C30H30N2O3/c1-2-6-27-19-28(32(30(27)33)17-18-34-21-24-7-4-3-5-8-24)22-35-29-15-13-26(14-16-29)25-11-9-23(20-31)10-12-25/h2-5,7-16,27-28H,1,6,17-19,21-22H2/t27-,28+/m1/s1. The summed E-state index contributed by atoms with van der Waals surface area (Å²) in [6, 6.07) is 27.6. The smallest absolute Gasteiger partial charge is 0.226 e. The average molecular weight is 467 g/mol. The van der Waals surface area contributed by atoms with Crippen LogP contribution >= 0.6 is 0 Å². The third-order valence-electron chi connectivity index (χ3n) is 6.31. The maximum absolute atomic E-state index is 13.0. The van der Waals surface area contributed by atoms with Gasteiger partial charge in [0, 0.05) is 12.5 Å². The summed E-state index contributed by atoms with van der Waals surface area (Å²) < 4.78 is 11.9. The fourth-order valence-electron chi connectivity index (χ4n) is 4.42. The van der Waals surface area contributed by atoms with Crippen molar-refractivity contribution in [3.05, 3.63) is 103 Å². The van der Waals surface area contributed by atoms with Crippen LogP contribution < -0.4 is 4.74 Å². The third kappa shape index (κ3) is 6.38. The number of rotatable bonds is 11. The molecule has 3 aromatic carbocycles. The number of nitrogens with zero attached hydrogens (tertiary/aromatic N) is 2. The van der Waals surface area contributed by atoms with Crippen LogP contribution in [0.3, 0.4) is 0 Å². The van der Waals surface area contributed by atoms with Crippen molar-refractivity contribution in [2.24, 2.45) is 5.92 Å². The molecule has 0 aromatic heterocycles. The molecule has 0 N–H and O–H groups in total. The Kier molecular flexibility index (Phi) is 8.32. The SMILES string of the molecule is C=CC[C@@H]1C[C@@H](COc2ccc(-c3ccc(C#N)cc3)cc2)N(CCOCc2ccccc2)C1=O. The van der Waals surface area contributed by atoms with E-state index in [2.05, 4.69) is 12.6 Å². The fraction of sp³-hybridized carbons (Fsp3) is 0.267. The molecule has 1 fully saturated rings. The second kappa shape index (κ2) is 12.0. The average Bonchev–Trinajstić information content (AvgIpc) is 3.20. The van der Waals surface area contributed by atoms with Gasteiger partial charge in [-0.1, -0.05) is 60.7 Å². The molecule has 1 saturated heterocycles. The molecule has 2 atom stereocenters. The predicted molar refractivity (Wildman–Crippen MR) is 137 cm³/mol. The predicted octanol–water partition coefficient (Wildman–Crippen LogP) is 5.61. The minimum absolute atomic E-state index is 0.00554. The van der Waals surface area contributed by atoms with Gasteiger partial charge in [0.15, 0.2) is 0 Å². The largest absolute Gasteiger partial charge is 0.491 e. The van der Waals surface area contributed by atoms with Gasteiger partial charge in [0.25, 0.3) is 0 Å². The Hall–Kier alpha value is -3.88. The van der Waals surface area contributed by atoms with Crippen LogP contribution in [0.25, 0.3) is 11.1 Å². The summed E-state index contributed by atoms with van der Waals surface area (Å²) in [5.74, 6) is 0.870. The van der Waals surface area contributed by atoms with E-state index < -0.39 is 0 Å². The molecule has 1 aliphatic heterocycles. The van der Waals surface area contributed by atoms with Crippen molar-refractivity contribution < 1.29 is 14.3 Å². The second-order valence-electron chi connectivity index (χ2n) is 8.71. The highest BCUT2D eigenvalue weighted by Crippen LogP contribution is 2.29. The Labute approximate surface area is 207 Å². The maximum Gasteiger partial charge on any atom is 0.226 e. The van der Waals surface area contributed by atoms with Crippen LogP contribution in [-0.4, -0.2) is 36.6 Å². The lowest BCUT2D eigenvalue weighted by Gasteiger charge is -2.25. The fourth-order valence-corrected chi connectivity index (χ4v) is 4.42. The first-order valence-corrected chi connectivity index (χ1v) is 11.9. The van der Waals surface area contributed by atoms with Crippen LogP contribution in [0.1, 0.15) is 24.0 Å². The van der Waals surface area contributed by atoms with Crippen LogP contribution in [0.5, 0.6) is 5.75 Å². The third-order valence-corrected chi connectivity index (χ3v) is 6.31. The van der Waals surface area contributed by atoms with Crippen molar-refractivity contribution in [2.75, 3.05) is 19.8 Å². The van der Waals surface area contributed by atoms with Crippen LogP contribution in [0.2, 0.25) is 0 Å². The number of ether oxygens (including phenoxy) is 2. The Bertz CT molecular complexity index is 1150. The van der Waals surface area contributed by atoms with Gasteiger partial charge in [-0.25, -0.2) is 0 Å². The summed E-state index contributed by atoms with van der Waals surface area (Å²) in [5.41, 5.74) is 3.87. The van der Waals surface area contributed by atoms with Gasteiger partial charge in [0.05, 0.1) is 30.9 Å². The monoisotopic (exact) mass is 466 g/mol. The number of carbonyl (C=O) groups excluding carboxylic acids is 1. The lowest BCUT2D eigenvalue weighted by molar-refractivity contribution is -0.133. The van der Waals surface area contributed by atoms with E-state index in [-0.39, 0.29) is 17.9 Å². The molecule has 0 unspecified atom stereocenters. The van der Waals surface area contributed by atoms with Gasteiger partial charge in [0.2, 0.25) is 5.91 Å².